The summed E-state index contributed by atoms with van der Waals surface area (Å²) in [6.07, 6.45) is 16.4. The second-order valence-electron chi connectivity index (χ2n) is 11.1. The number of pyridine rings is 1. The number of rotatable bonds is 11. The molecule has 1 fully saturated rings. The number of nitrogens with zero attached hydrogens (tertiary/aromatic N) is 3. The van der Waals surface area contributed by atoms with Gasteiger partial charge in [0.1, 0.15) is 17.0 Å². The average Bonchev–Trinajstić information content (AvgIpc) is 3.78. The molecule has 3 aromatic heterocycles. The zero-order valence-electron chi connectivity index (χ0n) is 25.7. The molecule has 8 heteroatoms. The van der Waals surface area contributed by atoms with E-state index in [9.17, 15) is 4.39 Å². The Kier molecular flexibility index (Phi) is 9.50. The van der Waals surface area contributed by atoms with Gasteiger partial charge in [-0.25, -0.2) is 9.37 Å². The number of imidazole rings is 1. The zero-order valence-corrected chi connectivity index (χ0v) is 25.7. The molecule has 1 saturated carbocycles. The second kappa shape index (κ2) is 13.7. The predicted molar refractivity (Wildman–Crippen MR) is 179 cm³/mol. The monoisotopic (exact) mass is 589 g/mol. The first-order valence-electron chi connectivity index (χ1n) is 15.0. The molecule has 7 nitrogen and oxygen atoms in total. The number of aromatic amines is 2. The van der Waals surface area contributed by atoms with E-state index in [2.05, 4.69) is 50.5 Å². The van der Waals surface area contributed by atoms with E-state index in [4.69, 9.17) is 4.98 Å². The summed E-state index contributed by atoms with van der Waals surface area (Å²) in [6.45, 7) is 17.2. The van der Waals surface area contributed by atoms with Crippen molar-refractivity contribution in [3.05, 3.63) is 113 Å². The average molecular weight is 590 g/mol. The first-order chi connectivity index (χ1) is 21.3. The second-order valence-corrected chi connectivity index (χ2v) is 11.1. The molecule has 0 saturated heterocycles. The molecule has 0 radical (unpaired) electrons. The zero-order chi connectivity index (χ0) is 31.2. The molecule has 4 aromatic rings. The lowest BCUT2D eigenvalue weighted by Gasteiger charge is -2.16. The Hall–Kier alpha value is -4.82. The summed E-state index contributed by atoms with van der Waals surface area (Å²) in [6, 6.07) is 6.79. The van der Waals surface area contributed by atoms with Crippen LogP contribution in [0.5, 0.6) is 0 Å². The Bertz CT molecular complexity index is 1900. The third-order valence-electron chi connectivity index (χ3n) is 8.04. The van der Waals surface area contributed by atoms with Gasteiger partial charge in [0.2, 0.25) is 0 Å². The Morgan fingerprint density at radius 1 is 1.14 bits per heavy atom. The summed E-state index contributed by atoms with van der Waals surface area (Å²) in [7, 11) is 1.83. The SMILES string of the molecule is C=C/C(=C\C(=C/C)C(=C)/C=c1/c(-c2nc3c(-c4cc(F)cc(CNC)c4)nccc3[nH]2)n[nH]/c1=C/C)NC(=C)C1CCCC1. The van der Waals surface area contributed by atoms with Crippen molar-refractivity contribution in [3.8, 4) is 22.8 Å². The molecule has 3 heterocycles. The van der Waals surface area contributed by atoms with Gasteiger partial charge in [0, 0.05) is 34.9 Å². The van der Waals surface area contributed by atoms with Crippen molar-refractivity contribution in [3.63, 3.8) is 0 Å². The van der Waals surface area contributed by atoms with Crippen LogP contribution < -0.4 is 21.2 Å². The lowest BCUT2D eigenvalue weighted by molar-refractivity contribution is 0.607. The van der Waals surface area contributed by atoms with Gasteiger partial charge in [-0.2, -0.15) is 5.10 Å². The van der Waals surface area contributed by atoms with E-state index in [1.165, 1.54) is 37.8 Å². The Morgan fingerprint density at radius 3 is 2.64 bits per heavy atom. The van der Waals surface area contributed by atoms with Crippen LogP contribution in [0.3, 0.4) is 0 Å². The van der Waals surface area contributed by atoms with E-state index in [0.29, 0.717) is 40.8 Å². The Labute approximate surface area is 257 Å². The minimum absolute atomic E-state index is 0.320. The maximum absolute atomic E-state index is 14.5. The maximum atomic E-state index is 14.5. The van der Waals surface area contributed by atoms with Gasteiger partial charge in [-0.3, -0.25) is 10.1 Å². The smallest absolute Gasteiger partial charge is 0.159 e. The van der Waals surface area contributed by atoms with E-state index in [1.54, 1.807) is 6.20 Å². The van der Waals surface area contributed by atoms with Crippen molar-refractivity contribution in [1.82, 2.24) is 35.8 Å². The minimum Gasteiger partial charge on any atom is -0.359 e. The number of aromatic nitrogens is 5. The number of hydrogen-bond acceptors (Lipinski definition) is 5. The van der Waals surface area contributed by atoms with Crippen LogP contribution >= 0.6 is 0 Å². The Balaban J connectivity index is 1.52. The number of H-pyrrole nitrogens is 2. The van der Waals surface area contributed by atoms with E-state index >= 15 is 0 Å². The van der Waals surface area contributed by atoms with Crippen LogP contribution in [0.2, 0.25) is 0 Å². The molecule has 5 rings (SSSR count). The summed E-state index contributed by atoms with van der Waals surface area (Å²) in [5.74, 6) is 0.747. The van der Waals surface area contributed by atoms with Crippen LogP contribution in [0.1, 0.15) is 45.1 Å². The third-order valence-corrected chi connectivity index (χ3v) is 8.04. The predicted octanol–water partition coefficient (Wildman–Crippen LogP) is 6.32. The van der Waals surface area contributed by atoms with Crippen LogP contribution in [-0.2, 0) is 6.54 Å². The summed E-state index contributed by atoms with van der Waals surface area (Å²) in [5, 5.41) is 16.0. The van der Waals surface area contributed by atoms with Gasteiger partial charge in [-0.15, -0.1) is 0 Å². The third kappa shape index (κ3) is 6.55. The molecular formula is C36H40FN7. The molecule has 0 amide bonds. The largest absolute Gasteiger partial charge is 0.359 e. The standard InChI is InChI=1S/C36H40FN7/c1-7-25(20-29(8-2)40-23(5)26-12-10-11-13-26)22(4)16-30-31(9-3)43-44-34(30)36-41-32-14-15-39-33(35(32)42-36)27-17-24(21-38-6)18-28(37)19-27/h7-9,14-20,26,38,40,43H,2,4-5,10-13,21H2,1,3,6H3,(H,41,42)/b25-7+,29-20+,30-16+,31-9+. The molecule has 226 valence electrons. The van der Waals surface area contributed by atoms with Gasteiger partial charge in [0.15, 0.2) is 5.82 Å². The minimum atomic E-state index is -0.320. The maximum Gasteiger partial charge on any atom is 0.159 e. The fourth-order valence-corrected chi connectivity index (χ4v) is 5.76. The quantitative estimate of drug-likeness (QED) is 0.154. The first kappa shape index (κ1) is 30.6. The van der Waals surface area contributed by atoms with E-state index in [1.807, 2.05) is 63.4 Å². The molecule has 44 heavy (non-hydrogen) atoms. The van der Waals surface area contributed by atoms with Crippen LogP contribution in [0.25, 0.3) is 46.0 Å². The highest BCUT2D eigenvalue weighted by molar-refractivity contribution is 5.91. The number of nitrogens with one attached hydrogen (secondary N) is 4. The van der Waals surface area contributed by atoms with Gasteiger partial charge >= 0.3 is 0 Å². The molecular weight excluding hydrogens is 549 g/mol. The van der Waals surface area contributed by atoms with Crippen LogP contribution in [0, 0.1) is 11.7 Å². The van der Waals surface area contributed by atoms with E-state index in [-0.39, 0.29) is 5.82 Å². The molecule has 0 aliphatic heterocycles. The highest BCUT2D eigenvalue weighted by atomic mass is 19.1. The van der Waals surface area contributed by atoms with Crippen molar-refractivity contribution >= 4 is 23.2 Å². The van der Waals surface area contributed by atoms with Crippen molar-refractivity contribution < 1.29 is 4.39 Å². The fraction of sp³-hybridized carbons (Fsp3) is 0.250. The van der Waals surface area contributed by atoms with E-state index in [0.717, 1.165) is 44.2 Å². The number of halogens is 1. The van der Waals surface area contributed by atoms with Gasteiger partial charge in [0.05, 0.1) is 16.6 Å². The molecule has 1 aliphatic rings. The lowest BCUT2D eigenvalue weighted by Crippen LogP contribution is -2.24. The Morgan fingerprint density at radius 2 is 1.93 bits per heavy atom. The molecule has 0 atom stereocenters. The van der Waals surface area contributed by atoms with Gasteiger partial charge in [-0.1, -0.05) is 44.7 Å². The van der Waals surface area contributed by atoms with Crippen LogP contribution in [-0.4, -0.2) is 32.2 Å². The topological polar surface area (TPSA) is 94.3 Å². The van der Waals surface area contributed by atoms with Crippen molar-refractivity contribution in [2.75, 3.05) is 7.05 Å². The molecule has 0 bridgehead atoms. The molecule has 0 spiro atoms. The summed E-state index contributed by atoms with van der Waals surface area (Å²) >= 11 is 0. The summed E-state index contributed by atoms with van der Waals surface area (Å²) < 4.78 is 14.5. The van der Waals surface area contributed by atoms with Gasteiger partial charge in [0.25, 0.3) is 0 Å². The number of allylic oxidation sites excluding steroid dienone is 6. The summed E-state index contributed by atoms with van der Waals surface area (Å²) in [4.78, 5) is 12.9. The first-order valence-corrected chi connectivity index (χ1v) is 15.0. The highest BCUT2D eigenvalue weighted by Gasteiger charge is 2.19. The normalized spacial score (nSPS) is 15.4. The summed E-state index contributed by atoms with van der Waals surface area (Å²) in [5.41, 5.74) is 7.82. The van der Waals surface area contributed by atoms with E-state index < -0.39 is 0 Å². The molecule has 1 aromatic carbocycles. The number of hydrogen-bond donors (Lipinski definition) is 4. The fourth-order valence-electron chi connectivity index (χ4n) is 5.76. The van der Waals surface area contributed by atoms with Gasteiger partial charge in [-0.05, 0) is 98.9 Å². The number of fused-ring (bicyclic) bond motifs is 1. The molecule has 0 unspecified atom stereocenters. The lowest BCUT2D eigenvalue weighted by atomic mass is 10.0. The van der Waals surface area contributed by atoms with Crippen LogP contribution in [0.4, 0.5) is 4.39 Å². The number of benzene rings is 1. The van der Waals surface area contributed by atoms with Crippen LogP contribution in [0.15, 0.2) is 91.0 Å². The molecule has 1 aliphatic carbocycles. The van der Waals surface area contributed by atoms with Gasteiger partial charge < -0.3 is 15.6 Å². The molecule has 4 N–H and O–H groups in total. The van der Waals surface area contributed by atoms with Crippen molar-refractivity contribution in [2.24, 2.45) is 5.92 Å². The van der Waals surface area contributed by atoms with Crippen molar-refractivity contribution in [1.29, 1.82) is 0 Å². The van der Waals surface area contributed by atoms with Crippen molar-refractivity contribution in [2.45, 2.75) is 46.1 Å². The highest BCUT2D eigenvalue weighted by Crippen LogP contribution is 2.30.